The minimum Gasteiger partial charge on any atom is -0.366 e. The number of carbonyl (C=O) groups is 1. The Morgan fingerprint density at radius 2 is 1.88 bits per heavy atom. The molecule has 1 aromatic rings. The summed E-state index contributed by atoms with van der Waals surface area (Å²) in [5, 5.41) is 0.225. The fourth-order valence-corrected chi connectivity index (χ4v) is 2.21. The first-order valence-electron chi connectivity index (χ1n) is 6.01. The molecule has 0 aliphatic carbocycles. The smallest absolute Gasteiger partial charge is 0.208 e. The number of rotatable bonds is 5. The van der Waals surface area contributed by atoms with Gasteiger partial charge in [-0.2, -0.15) is 0 Å². The van der Waals surface area contributed by atoms with Crippen LogP contribution in [-0.4, -0.2) is 24.5 Å². The highest BCUT2D eigenvalue weighted by Gasteiger charge is 2.07. The van der Waals surface area contributed by atoms with Crippen molar-refractivity contribution in [3.05, 3.63) is 29.8 Å². The predicted molar refractivity (Wildman–Crippen MR) is 76.9 cm³/mol. The number of nitrogens with zero attached hydrogens (tertiary/aromatic N) is 1. The molecule has 94 valence electrons. The first-order valence-corrected chi connectivity index (χ1v) is 6.99. The van der Waals surface area contributed by atoms with E-state index in [1.165, 1.54) is 17.3 Å². The van der Waals surface area contributed by atoms with Crippen molar-refractivity contribution in [1.29, 1.82) is 0 Å². The van der Waals surface area contributed by atoms with Crippen LogP contribution in [0, 0.1) is 0 Å². The maximum Gasteiger partial charge on any atom is 0.208 e. The van der Waals surface area contributed by atoms with Crippen LogP contribution in [0.15, 0.2) is 24.3 Å². The average Bonchev–Trinajstić information content (AvgIpc) is 2.29. The van der Waals surface area contributed by atoms with Gasteiger partial charge in [-0.1, -0.05) is 44.7 Å². The summed E-state index contributed by atoms with van der Waals surface area (Å²) in [5.41, 5.74) is 2.43. The average molecular weight is 251 g/mol. The number of hydrogen-bond donors (Lipinski definition) is 0. The fourth-order valence-electron chi connectivity index (χ4n) is 1.61. The Labute approximate surface area is 108 Å². The van der Waals surface area contributed by atoms with Crippen molar-refractivity contribution in [2.45, 2.75) is 26.7 Å². The molecule has 0 bridgehead atoms. The zero-order valence-corrected chi connectivity index (χ0v) is 11.9. The maximum atomic E-state index is 11.5. The SMILES string of the molecule is CCSC(=O)CN(C)c1ccc(C(C)C)cc1. The van der Waals surface area contributed by atoms with E-state index in [1.807, 2.05) is 18.9 Å². The first-order chi connectivity index (χ1) is 8.04. The van der Waals surface area contributed by atoms with Gasteiger partial charge < -0.3 is 4.90 Å². The number of likely N-dealkylation sites (N-methyl/N-ethyl adjacent to an activating group) is 1. The zero-order valence-electron chi connectivity index (χ0n) is 11.1. The molecule has 0 N–H and O–H groups in total. The highest BCUT2D eigenvalue weighted by atomic mass is 32.2. The number of carbonyl (C=O) groups excluding carboxylic acids is 1. The van der Waals surface area contributed by atoms with Gasteiger partial charge in [0, 0.05) is 12.7 Å². The van der Waals surface area contributed by atoms with Crippen LogP contribution < -0.4 is 4.90 Å². The molecule has 0 amide bonds. The Balaban J connectivity index is 2.63. The van der Waals surface area contributed by atoms with Crippen molar-refractivity contribution in [1.82, 2.24) is 0 Å². The fraction of sp³-hybridized carbons (Fsp3) is 0.500. The van der Waals surface area contributed by atoms with Crippen molar-refractivity contribution in [2.24, 2.45) is 0 Å². The van der Waals surface area contributed by atoms with E-state index < -0.39 is 0 Å². The van der Waals surface area contributed by atoms with Crippen LogP contribution >= 0.6 is 11.8 Å². The van der Waals surface area contributed by atoms with E-state index in [9.17, 15) is 4.79 Å². The Bertz CT molecular complexity index is 359. The molecule has 2 nitrogen and oxygen atoms in total. The molecule has 0 saturated carbocycles. The van der Waals surface area contributed by atoms with Crippen molar-refractivity contribution in [3.8, 4) is 0 Å². The lowest BCUT2D eigenvalue weighted by atomic mass is 10.0. The normalized spacial score (nSPS) is 10.6. The largest absolute Gasteiger partial charge is 0.366 e. The lowest BCUT2D eigenvalue weighted by Gasteiger charge is -2.18. The maximum absolute atomic E-state index is 11.5. The van der Waals surface area contributed by atoms with E-state index in [4.69, 9.17) is 0 Å². The molecule has 3 heteroatoms. The third-order valence-corrected chi connectivity index (χ3v) is 3.41. The van der Waals surface area contributed by atoms with E-state index in [2.05, 4.69) is 38.1 Å². The topological polar surface area (TPSA) is 20.3 Å². The summed E-state index contributed by atoms with van der Waals surface area (Å²) in [7, 11) is 1.96. The van der Waals surface area contributed by atoms with Gasteiger partial charge in [0.2, 0.25) is 5.12 Å². The van der Waals surface area contributed by atoms with Crippen LogP contribution in [0.2, 0.25) is 0 Å². The molecule has 0 unspecified atom stereocenters. The zero-order chi connectivity index (χ0) is 12.8. The second-order valence-electron chi connectivity index (χ2n) is 4.41. The van der Waals surface area contributed by atoms with E-state index >= 15 is 0 Å². The van der Waals surface area contributed by atoms with Gasteiger partial charge in [0.1, 0.15) is 0 Å². The van der Waals surface area contributed by atoms with Crippen molar-refractivity contribution in [3.63, 3.8) is 0 Å². The van der Waals surface area contributed by atoms with Gasteiger partial charge in [0.25, 0.3) is 0 Å². The second kappa shape index (κ2) is 6.70. The van der Waals surface area contributed by atoms with Gasteiger partial charge in [-0.15, -0.1) is 0 Å². The van der Waals surface area contributed by atoms with Crippen molar-refractivity contribution < 1.29 is 4.79 Å². The molecule has 0 saturated heterocycles. The van der Waals surface area contributed by atoms with Gasteiger partial charge in [-0.05, 0) is 29.4 Å². The molecule has 0 atom stereocenters. The molecule has 1 aromatic carbocycles. The van der Waals surface area contributed by atoms with Crippen LogP contribution in [-0.2, 0) is 4.79 Å². The third-order valence-electron chi connectivity index (χ3n) is 2.67. The first kappa shape index (κ1) is 14.1. The van der Waals surface area contributed by atoms with Crippen LogP contribution in [0.5, 0.6) is 0 Å². The molecule has 17 heavy (non-hydrogen) atoms. The summed E-state index contributed by atoms with van der Waals surface area (Å²) < 4.78 is 0. The summed E-state index contributed by atoms with van der Waals surface area (Å²) in [4.78, 5) is 13.5. The monoisotopic (exact) mass is 251 g/mol. The Morgan fingerprint density at radius 3 is 2.35 bits per heavy atom. The van der Waals surface area contributed by atoms with Crippen LogP contribution in [0.1, 0.15) is 32.3 Å². The summed E-state index contributed by atoms with van der Waals surface area (Å²) in [6.07, 6.45) is 0. The second-order valence-corrected chi connectivity index (χ2v) is 5.73. The number of thioether (sulfide) groups is 1. The lowest BCUT2D eigenvalue weighted by Crippen LogP contribution is -2.23. The van der Waals surface area contributed by atoms with E-state index in [1.54, 1.807) is 0 Å². The van der Waals surface area contributed by atoms with E-state index in [-0.39, 0.29) is 5.12 Å². The highest BCUT2D eigenvalue weighted by Crippen LogP contribution is 2.19. The summed E-state index contributed by atoms with van der Waals surface area (Å²) in [6, 6.07) is 8.43. The summed E-state index contributed by atoms with van der Waals surface area (Å²) >= 11 is 1.38. The molecule has 0 aliphatic heterocycles. The van der Waals surface area contributed by atoms with Gasteiger partial charge in [0.05, 0.1) is 6.54 Å². The summed E-state index contributed by atoms with van der Waals surface area (Å²) in [5.74, 6) is 1.39. The Kier molecular flexibility index (Phi) is 5.56. The molecule has 0 heterocycles. The predicted octanol–water partition coefficient (Wildman–Crippen LogP) is 3.53. The van der Waals surface area contributed by atoms with Crippen LogP contribution in [0.3, 0.4) is 0 Å². The Morgan fingerprint density at radius 1 is 1.29 bits per heavy atom. The lowest BCUT2D eigenvalue weighted by molar-refractivity contribution is -0.109. The molecule has 0 aliphatic rings. The van der Waals surface area contributed by atoms with Gasteiger partial charge in [-0.25, -0.2) is 0 Å². The molecule has 0 radical (unpaired) electrons. The quantitative estimate of drug-likeness (QED) is 0.798. The number of hydrogen-bond acceptors (Lipinski definition) is 3. The standard InChI is InChI=1S/C14H21NOS/c1-5-17-14(16)10-15(4)13-8-6-12(7-9-13)11(2)3/h6-9,11H,5,10H2,1-4H3. The summed E-state index contributed by atoms with van der Waals surface area (Å²) in [6.45, 7) is 6.83. The molecule has 0 aromatic heterocycles. The molecular formula is C14H21NOS. The highest BCUT2D eigenvalue weighted by molar-refractivity contribution is 8.13. The number of benzene rings is 1. The van der Waals surface area contributed by atoms with E-state index in [0.717, 1.165) is 11.4 Å². The van der Waals surface area contributed by atoms with Gasteiger partial charge in [0.15, 0.2) is 0 Å². The van der Waals surface area contributed by atoms with Crippen LogP contribution in [0.4, 0.5) is 5.69 Å². The molecule has 0 fully saturated rings. The van der Waals surface area contributed by atoms with Crippen LogP contribution in [0.25, 0.3) is 0 Å². The molecule has 0 spiro atoms. The van der Waals surface area contributed by atoms with Crippen molar-refractivity contribution in [2.75, 3.05) is 24.2 Å². The molecule has 1 rings (SSSR count). The van der Waals surface area contributed by atoms with E-state index in [0.29, 0.717) is 12.5 Å². The van der Waals surface area contributed by atoms with Gasteiger partial charge >= 0.3 is 0 Å². The van der Waals surface area contributed by atoms with Gasteiger partial charge in [-0.3, -0.25) is 4.79 Å². The molecular weight excluding hydrogens is 230 g/mol. The number of anilines is 1. The van der Waals surface area contributed by atoms with Crippen molar-refractivity contribution >= 4 is 22.6 Å². The minimum atomic E-state index is 0.225. The minimum absolute atomic E-state index is 0.225. The third kappa shape index (κ3) is 4.43. The Hall–Kier alpha value is -0.960.